The molecule has 0 spiro atoms. The van der Waals surface area contributed by atoms with Gasteiger partial charge < -0.3 is 14.7 Å². The van der Waals surface area contributed by atoms with Gasteiger partial charge in [0.1, 0.15) is 0 Å². The van der Waals surface area contributed by atoms with Gasteiger partial charge in [-0.1, -0.05) is 11.8 Å². The van der Waals surface area contributed by atoms with Gasteiger partial charge in [0.25, 0.3) is 0 Å². The smallest absolute Gasteiger partial charge is 0.331 e. The lowest BCUT2D eigenvalue weighted by Crippen LogP contribution is -2.58. The molecular formula is C9H11NO5S. The van der Waals surface area contributed by atoms with Crippen LogP contribution in [0.25, 0.3) is 0 Å². The molecule has 3 atom stereocenters. The first kappa shape index (κ1) is 11.3. The standard InChI is InChI=1S/C9H11NO5S/c1-4(11)15-9(2)7(8(13)14)10-5(12)3-6(10)16-9/h6-7H,3H2,1-2H3,(H,13,14)/t6-,7?,9?/m1/s1. The van der Waals surface area contributed by atoms with Crippen LogP contribution in [0.3, 0.4) is 0 Å². The number of hydrogen-bond donors (Lipinski definition) is 1. The number of ether oxygens (including phenoxy) is 1. The number of carboxylic acid groups (broad SMARTS) is 1. The predicted molar refractivity (Wildman–Crippen MR) is 54.4 cm³/mol. The third kappa shape index (κ3) is 1.46. The number of esters is 1. The van der Waals surface area contributed by atoms with Gasteiger partial charge in [0.15, 0.2) is 11.0 Å². The molecule has 0 saturated carbocycles. The van der Waals surface area contributed by atoms with E-state index in [0.717, 1.165) is 0 Å². The van der Waals surface area contributed by atoms with Crippen molar-refractivity contribution < 1.29 is 24.2 Å². The second-order valence-electron chi connectivity index (χ2n) is 3.93. The average molecular weight is 245 g/mol. The minimum atomic E-state index is -1.19. The number of β-lactam (4-membered cyclic amide) rings is 1. The Labute approximate surface area is 95.9 Å². The van der Waals surface area contributed by atoms with Gasteiger partial charge in [-0.05, 0) is 6.92 Å². The number of aliphatic carboxylic acids is 1. The van der Waals surface area contributed by atoms with E-state index in [1.165, 1.54) is 30.5 Å². The second-order valence-corrected chi connectivity index (χ2v) is 5.52. The maximum absolute atomic E-state index is 11.3. The number of amides is 1. The summed E-state index contributed by atoms with van der Waals surface area (Å²) in [6, 6.07) is -1.09. The molecule has 1 amide bonds. The van der Waals surface area contributed by atoms with E-state index in [0.29, 0.717) is 6.42 Å². The lowest BCUT2D eigenvalue weighted by molar-refractivity contribution is -0.168. The highest BCUT2D eigenvalue weighted by Gasteiger charge is 2.62. The van der Waals surface area contributed by atoms with E-state index in [1.54, 1.807) is 0 Å². The minimum Gasteiger partial charge on any atom is -0.480 e. The van der Waals surface area contributed by atoms with Crippen LogP contribution in [0.2, 0.25) is 0 Å². The molecule has 16 heavy (non-hydrogen) atoms. The summed E-state index contributed by atoms with van der Waals surface area (Å²) >= 11 is 1.21. The Balaban J connectivity index is 2.28. The van der Waals surface area contributed by atoms with Crippen molar-refractivity contribution in [3.63, 3.8) is 0 Å². The van der Waals surface area contributed by atoms with Crippen LogP contribution >= 0.6 is 11.8 Å². The first-order valence-corrected chi connectivity index (χ1v) is 5.64. The van der Waals surface area contributed by atoms with Crippen molar-refractivity contribution in [3.05, 3.63) is 0 Å². The Kier molecular flexibility index (Phi) is 2.37. The molecule has 6 nitrogen and oxygen atoms in total. The molecule has 0 aromatic rings. The van der Waals surface area contributed by atoms with Gasteiger partial charge in [-0.3, -0.25) is 9.59 Å². The third-order valence-electron chi connectivity index (χ3n) is 2.67. The van der Waals surface area contributed by atoms with Crippen LogP contribution in [0.4, 0.5) is 0 Å². The number of carbonyl (C=O) groups excluding carboxylic acids is 2. The van der Waals surface area contributed by atoms with Gasteiger partial charge in [0.2, 0.25) is 5.91 Å². The van der Waals surface area contributed by atoms with Gasteiger partial charge in [-0.25, -0.2) is 4.79 Å². The van der Waals surface area contributed by atoms with Gasteiger partial charge in [0, 0.05) is 6.92 Å². The molecule has 2 saturated heterocycles. The average Bonchev–Trinajstić information content (AvgIpc) is 2.33. The number of hydrogen-bond acceptors (Lipinski definition) is 5. The van der Waals surface area contributed by atoms with E-state index in [-0.39, 0.29) is 11.3 Å². The molecular weight excluding hydrogens is 234 g/mol. The van der Waals surface area contributed by atoms with E-state index < -0.39 is 22.9 Å². The molecule has 0 aromatic carbocycles. The normalized spacial score (nSPS) is 36.6. The predicted octanol–water partition coefficient (Wildman–Crippen LogP) is 0.0241. The highest BCUT2D eigenvalue weighted by Crippen LogP contribution is 2.51. The summed E-state index contributed by atoms with van der Waals surface area (Å²) in [5.74, 6) is -1.90. The van der Waals surface area contributed by atoms with E-state index in [1.807, 2.05) is 0 Å². The minimum absolute atomic E-state index is 0.182. The monoisotopic (exact) mass is 245 g/mol. The van der Waals surface area contributed by atoms with Crippen molar-refractivity contribution in [1.29, 1.82) is 0 Å². The summed E-state index contributed by atoms with van der Waals surface area (Å²) < 4.78 is 5.05. The lowest BCUT2D eigenvalue weighted by atomic mass is 10.1. The number of nitrogens with zero attached hydrogens (tertiary/aromatic N) is 1. The van der Waals surface area contributed by atoms with Crippen LogP contribution in [0.1, 0.15) is 20.3 Å². The van der Waals surface area contributed by atoms with E-state index in [4.69, 9.17) is 9.84 Å². The Morgan fingerprint density at radius 2 is 2.25 bits per heavy atom. The van der Waals surface area contributed by atoms with Crippen molar-refractivity contribution >= 4 is 29.6 Å². The zero-order valence-electron chi connectivity index (χ0n) is 8.80. The second kappa shape index (κ2) is 3.38. The first-order valence-electron chi connectivity index (χ1n) is 4.76. The molecule has 7 heteroatoms. The molecule has 1 N–H and O–H groups in total. The Morgan fingerprint density at radius 1 is 1.62 bits per heavy atom. The Morgan fingerprint density at radius 3 is 2.69 bits per heavy atom. The fraction of sp³-hybridized carbons (Fsp3) is 0.667. The highest BCUT2D eigenvalue weighted by molar-refractivity contribution is 8.01. The molecule has 0 aromatic heterocycles. The fourth-order valence-electron chi connectivity index (χ4n) is 2.11. The molecule has 2 fully saturated rings. The molecule has 2 aliphatic heterocycles. The number of carboxylic acids is 1. The van der Waals surface area contributed by atoms with E-state index in [9.17, 15) is 14.4 Å². The summed E-state index contributed by atoms with van der Waals surface area (Å²) in [6.45, 7) is 2.76. The van der Waals surface area contributed by atoms with Crippen molar-refractivity contribution in [3.8, 4) is 0 Å². The van der Waals surface area contributed by atoms with Crippen LogP contribution in [-0.2, 0) is 19.1 Å². The van der Waals surface area contributed by atoms with Gasteiger partial charge in [-0.15, -0.1) is 0 Å². The molecule has 2 aliphatic rings. The molecule has 0 aliphatic carbocycles. The molecule has 0 radical (unpaired) electrons. The zero-order chi connectivity index (χ0) is 12.1. The molecule has 0 bridgehead atoms. The SMILES string of the molecule is CC(=O)OC1(C)S[C@@H]2CC(=O)N2C1C(=O)O. The van der Waals surface area contributed by atoms with Crippen molar-refractivity contribution in [2.75, 3.05) is 0 Å². The summed E-state index contributed by atoms with van der Waals surface area (Å²) in [5, 5.41) is 8.92. The van der Waals surface area contributed by atoms with Crippen LogP contribution in [0.5, 0.6) is 0 Å². The Hall–Kier alpha value is -1.24. The van der Waals surface area contributed by atoms with E-state index >= 15 is 0 Å². The van der Waals surface area contributed by atoms with Crippen molar-refractivity contribution in [1.82, 2.24) is 4.90 Å². The summed E-state index contributed by atoms with van der Waals surface area (Å²) in [5.41, 5.74) is 0. The topological polar surface area (TPSA) is 83.9 Å². The van der Waals surface area contributed by atoms with E-state index in [2.05, 4.69) is 0 Å². The van der Waals surface area contributed by atoms with Crippen LogP contribution in [0, 0.1) is 0 Å². The first-order chi connectivity index (χ1) is 7.35. The highest BCUT2D eigenvalue weighted by atomic mass is 32.2. The van der Waals surface area contributed by atoms with Gasteiger partial charge in [0.05, 0.1) is 11.8 Å². The lowest BCUT2D eigenvalue weighted by Gasteiger charge is -2.36. The summed E-state index contributed by atoms with van der Waals surface area (Å²) in [7, 11) is 0. The number of fused-ring (bicyclic) bond motifs is 1. The van der Waals surface area contributed by atoms with Gasteiger partial charge in [-0.2, -0.15) is 0 Å². The molecule has 88 valence electrons. The molecule has 2 heterocycles. The Bertz CT molecular complexity index is 384. The van der Waals surface area contributed by atoms with Gasteiger partial charge >= 0.3 is 11.9 Å². The molecule has 2 rings (SSSR count). The number of thioether (sulfide) groups is 1. The number of carbonyl (C=O) groups is 3. The van der Waals surface area contributed by atoms with Crippen LogP contribution in [-0.4, -0.2) is 44.2 Å². The summed E-state index contributed by atoms with van der Waals surface area (Å²) in [4.78, 5) is 33.5. The third-order valence-corrected chi connectivity index (χ3v) is 4.11. The summed E-state index contributed by atoms with van der Waals surface area (Å²) in [6.07, 6.45) is 0.311. The fourth-order valence-corrected chi connectivity index (χ4v) is 3.73. The number of rotatable bonds is 2. The quantitative estimate of drug-likeness (QED) is 0.545. The molecule has 2 unspecified atom stereocenters. The van der Waals surface area contributed by atoms with Crippen LogP contribution < -0.4 is 0 Å². The maximum atomic E-state index is 11.3. The van der Waals surface area contributed by atoms with Crippen molar-refractivity contribution in [2.24, 2.45) is 0 Å². The maximum Gasteiger partial charge on any atom is 0.331 e. The van der Waals surface area contributed by atoms with Crippen molar-refractivity contribution in [2.45, 2.75) is 36.6 Å². The zero-order valence-corrected chi connectivity index (χ0v) is 9.61. The van der Waals surface area contributed by atoms with Crippen LogP contribution in [0.15, 0.2) is 0 Å². The largest absolute Gasteiger partial charge is 0.480 e.